The fourth-order valence-corrected chi connectivity index (χ4v) is 4.54. The second-order valence-corrected chi connectivity index (χ2v) is 8.57. The van der Waals surface area contributed by atoms with Gasteiger partial charge in [-0.3, -0.25) is 9.59 Å². The number of rotatable bonds is 8. The van der Waals surface area contributed by atoms with Crippen LogP contribution in [0.5, 0.6) is 0 Å². The minimum Gasteiger partial charge on any atom is -0.481 e. The Hall–Kier alpha value is -3.35. The summed E-state index contributed by atoms with van der Waals surface area (Å²) in [6, 6.07) is 15.3. The maximum absolute atomic E-state index is 12.3. The molecule has 2 aliphatic carbocycles. The van der Waals surface area contributed by atoms with Crippen LogP contribution in [-0.2, 0) is 14.3 Å². The highest BCUT2D eigenvalue weighted by Crippen LogP contribution is 2.44. The van der Waals surface area contributed by atoms with Crippen LogP contribution in [0, 0.1) is 11.8 Å². The third-order valence-electron chi connectivity index (χ3n) is 6.60. The van der Waals surface area contributed by atoms with Crippen molar-refractivity contribution >= 4 is 18.0 Å². The molecule has 2 aromatic rings. The minimum atomic E-state index is -0.896. The normalized spacial score (nSPS) is 16.8. The van der Waals surface area contributed by atoms with E-state index in [0.29, 0.717) is 0 Å². The van der Waals surface area contributed by atoms with Crippen LogP contribution in [0.4, 0.5) is 4.79 Å². The molecule has 4 rings (SSSR count). The van der Waals surface area contributed by atoms with Gasteiger partial charge in [0.05, 0.1) is 5.92 Å². The Kier molecular flexibility index (Phi) is 6.44. The maximum Gasteiger partial charge on any atom is 0.407 e. The first-order valence-corrected chi connectivity index (χ1v) is 11.1. The monoisotopic (exact) mass is 436 g/mol. The van der Waals surface area contributed by atoms with Crippen molar-refractivity contribution in [2.75, 3.05) is 13.2 Å². The average molecular weight is 437 g/mol. The van der Waals surface area contributed by atoms with Crippen molar-refractivity contribution in [1.29, 1.82) is 0 Å². The summed E-state index contributed by atoms with van der Waals surface area (Å²) in [5.74, 6) is -1.86. The van der Waals surface area contributed by atoms with E-state index in [4.69, 9.17) is 4.74 Å². The van der Waals surface area contributed by atoms with E-state index in [0.717, 1.165) is 41.5 Å². The van der Waals surface area contributed by atoms with Crippen LogP contribution >= 0.6 is 0 Å². The molecule has 1 saturated carbocycles. The molecule has 0 radical (unpaired) electrons. The number of benzene rings is 2. The summed E-state index contributed by atoms with van der Waals surface area (Å²) in [6.07, 6.45) is 2.10. The van der Waals surface area contributed by atoms with Crippen LogP contribution in [0.2, 0.25) is 0 Å². The van der Waals surface area contributed by atoms with Crippen molar-refractivity contribution in [2.45, 2.75) is 38.1 Å². The number of carboxylic acids is 1. The Morgan fingerprint density at radius 3 is 2.16 bits per heavy atom. The van der Waals surface area contributed by atoms with Crippen molar-refractivity contribution < 1.29 is 24.2 Å². The number of carboxylic acid groups (broad SMARTS) is 1. The molecule has 7 nitrogen and oxygen atoms in total. The summed E-state index contributed by atoms with van der Waals surface area (Å²) in [7, 11) is 0. The van der Waals surface area contributed by atoms with Gasteiger partial charge in [0.15, 0.2) is 0 Å². The van der Waals surface area contributed by atoms with Crippen molar-refractivity contribution in [3.8, 4) is 11.1 Å². The number of fused-ring (bicyclic) bond motifs is 3. The van der Waals surface area contributed by atoms with Gasteiger partial charge < -0.3 is 20.5 Å². The summed E-state index contributed by atoms with van der Waals surface area (Å²) >= 11 is 0. The molecular weight excluding hydrogens is 408 g/mol. The Bertz CT molecular complexity index is 971. The molecule has 0 saturated heterocycles. The molecule has 0 aromatic heterocycles. The van der Waals surface area contributed by atoms with Gasteiger partial charge in [-0.2, -0.15) is 0 Å². The fraction of sp³-hybridized carbons (Fsp3) is 0.400. The Morgan fingerprint density at radius 1 is 1.03 bits per heavy atom. The Labute approximate surface area is 187 Å². The van der Waals surface area contributed by atoms with E-state index in [-0.39, 0.29) is 25.0 Å². The number of hydrogen-bond donors (Lipinski definition) is 3. The van der Waals surface area contributed by atoms with Crippen molar-refractivity contribution in [2.24, 2.45) is 11.8 Å². The van der Waals surface area contributed by atoms with E-state index in [1.807, 2.05) is 36.4 Å². The summed E-state index contributed by atoms with van der Waals surface area (Å²) in [4.78, 5) is 36.1. The number of amides is 2. The number of aliphatic carboxylic acids is 1. The lowest BCUT2D eigenvalue weighted by molar-refractivity contribution is -0.144. The molecule has 1 unspecified atom stereocenters. The maximum atomic E-state index is 12.3. The van der Waals surface area contributed by atoms with E-state index in [2.05, 4.69) is 22.8 Å². The van der Waals surface area contributed by atoms with Crippen molar-refractivity contribution in [3.05, 3.63) is 59.7 Å². The molecule has 2 atom stereocenters. The van der Waals surface area contributed by atoms with E-state index in [1.54, 1.807) is 6.92 Å². The van der Waals surface area contributed by atoms with Crippen LogP contribution < -0.4 is 10.6 Å². The highest BCUT2D eigenvalue weighted by molar-refractivity contribution is 5.85. The van der Waals surface area contributed by atoms with Crippen LogP contribution in [0.3, 0.4) is 0 Å². The molecule has 0 bridgehead atoms. The molecule has 1 fully saturated rings. The van der Waals surface area contributed by atoms with Gasteiger partial charge in [-0.25, -0.2) is 4.79 Å². The zero-order valence-electron chi connectivity index (χ0n) is 18.0. The van der Waals surface area contributed by atoms with Gasteiger partial charge in [-0.1, -0.05) is 55.0 Å². The molecule has 7 heteroatoms. The quantitative estimate of drug-likeness (QED) is 0.587. The molecular formula is C25H28N2O5. The summed E-state index contributed by atoms with van der Waals surface area (Å²) in [5, 5.41) is 14.6. The summed E-state index contributed by atoms with van der Waals surface area (Å²) in [5.41, 5.74) is 4.51. The fourth-order valence-electron chi connectivity index (χ4n) is 4.54. The highest BCUT2D eigenvalue weighted by atomic mass is 16.5. The van der Waals surface area contributed by atoms with Gasteiger partial charge in [0.1, 0.15) is 12.6 Å². The van der Waals surface area contributed by atoms with Gasteiger partial charge >= 0.3 is 12.1 Å². The molecule has 0 aliphatic heterocycles. The van der Waals surface area contributed by atoms with E-state index in [1.165, 1.54) is 0 Å². The van der Waals surface area contributed by atoms with Gasteiger partial charge in [-0.15, -0.1) is 0 Å². The molecule has 2 amide bonds. The number of hydrogen-bond acceptors (Lipinski definition) is 4. The Morgan fingerprint density at radius 2 is 1.62 bits per heavy atom. The standard InChI is InChI=1S/C25H28N2O5/c1-15(23(28)26-13-21(24(29)30)16-7-6-8-16)27-25(31)32-14-22-19-11-4-2-9-17(19)18-10-3-5-12-20(18)22/h2-5,9-12,15-16,21-22H,6-8,13-14H2,1H3,(H,26,28)(H,27,31)(H,29,30)/t15-,21?/m0/s1. The molecule has 2 aliphatic rings. The third kappa shape index (κ3) is 4.47. The first kappa shape index (κ1) is 21.9. The predicted molar refractivity (Wildman–Crippen MR) is 119 cm³/mol. The lowest BCUT2D eigenvalue weighted by Crippen LogP contribution is -2.48. The molecule has 2 aromatic carbocycles. The van der Waals surface area contributed by atoms with Crippen molar-refractivity contribution in [1.82, 2.24) is 10.6 Å². The van der Waals surface area contributed by atoms with E-state index in [9.17, 15) is 19.5 Å². The molecule has 0 spiro atoms. The SMILES string of the molecule is C[C@H](NC(=O)OCC1c2ccccc2-c2ccccc21)C(=O)NCC(C(=O)O)C1CCC1. The van der Waals surface area contributed by atoms with Gasteiger partial charge in [0.2, 0.25) is 5.91 Å². The van der Waals surface area contributed by atoms with E-state index < -0.39 is 29.9 Å². The summed E-state index contributed by atoms with van der Waals surface area (Å²) in [6.45, 7) is 1.78. The lowest BCUT2D eigenvalue weighted by atomic mass is 9.76. The van der Waals surface area contributed by atoms with Gasteiger partial charge in [0.25, 0.3) is 0 Å². The number of nitrogens with one attached hydrogen (secondary N) is 2. The number of alkyl carbamates (subject to hydrolysis) is 1. The third-order valence-corrected chi connectivity index (χ3v) is 6.60. The number of ether oxygens (including phenoxy) is 1. The lowest BCUT2D eigenvalue weighted by Gasteiger charge is -2.31. The molecule has 32 heavy (non-hydrogen) atoms. The van der Waals surface area contributed by atoms with Crippen LogP contribution in [-0.4, -0.2) is 42.3 Å². The largest absolute Gasteiger partial charge is 0.481 e. The van der Waals surface area contributed by atoms with Crippen LogP contribution in [0.1, 0.15) is 43.2 Å². The zero-order valence-corrected chi connectivity index (χ0v) is 18.0. The summed E-state index contributed by atoms with van der Waals surface area (Å²) < 4.78 is 5.46. The van der Waals surface area contributed by atoms with Gasteiger partial charge in [-0.05, 0) is 47.9 Å². The number of carbonyl (C=O) groups is 3. The Balaban J connectivity index is 1.29. The average Bonchev–Trinajstić information content (AvgIpc) is 3.07. The number of carbonyl (C=O) groups excluding carboxylic acids is 2. The minimum absolute atomic E-state index is 0.0592. The molecule has 0 heterocycles. The van der Waals surface area contributed by atoms with Gasteiger partial charge in [0, 0.05) is 12.5 Å². The molecule has 168 valence electrons. The zero-order chi connectivity index (χ0) is 22.7. The smallest absolute Gasteiger partial charge is 0.407 e. The predicted octanol–water partition coefficient (Wildman–Crippen LogP) is 3.53. The van der Waals surface area contributed by atoms with E-state index >= 15 is 0 Å². The molecule has 3 N–H and O–H groups in total. The van der Waals surface area contributed by atoms with Crippen LogP contribution in [0.25, 0.3) is 11.1 Å². The first-order valence-electron chi connectivity index (χ1n) is 11.1. The van der Waals surface area contributed by atoms with Crippen molar-refractivity contribution in [3.63, 3.8) is 0 Å². The topological polar surface area (TPSA) is 105 Å². The second kappa shape index (κ2) is 9.42. The highest BCUT2D eigenvalue weighted by Gasteiger charge is 2.33. The van der Waals surface area contributed by atoms with Crippen LogP contribution in [0.15, 0.2) is 48.5 Å². The second-order valence-electron chi connectivity index (χ2n) is 8.57. The first-order chi connectivity index (χ1) is 15.5.